The van der Waals surface area contributed by atoms with Crippen molar-refractivity contribution in [1.82, 2.24) is 9.55 Å². The minimum absolute atomic E-state index is 0.209. The number of aldehydes is 1. The molecule has 164 valence electrons. The first kappa shape index (κ1) is 21.2. The third kappa shape index (κ3) is 4.84. The van der Waals surface area contributed by atoms with Gasteiger partial charge in [0.1, 0.15) is 12.0 Å². The van der Waals surface area contributed by atoms with Gasteiger partial charge in [-0.15, -0.1) is 13.2 Å². The van der Waals surface area contributed by atoms with Gasteiger partial charge in [-0.3, -0.25) is 4.79 Å². The molecule has 8 heteroatoms. The second-order valence-corrected chi connectivity index (χ2v) is 8.44. The normalized spacial score (nSPS) is 21.8. The zero-order chi connectivity index (χ0) is 22.2. The highest BCUT2D eigenvalue weighted by molar-refractivity contribution is 5.87. The molecule has 1 N–H and O–H groups in total. The Kier molecular flexibility index (Phi) is 5.64. The Morgan fingerprint density at radius 2 is 1.74 bits per heavy atom. The van der Waals surface area contributed by atoms with Crippen LogP contribution in [0.4, 0.5) is 24.8 Å². The first-order chi connectivity index (χ1) is 14.7. The maximum Gasteiger partial charge on any atom is 0.573 e. The largest absolute Gasteiger partial charge is 0.573 e. The van der Waals surface area contributed by atoms with Gasteiger partial charge in [-0.1, -0.05) is 13.8 Å². The van der Waals surface area contributed by atoms with E-state index in [0.717, 1.165) is 30.2 Å². The van der Waals surface area contributed by atoms with Crippen molar-refractivity contribution in [3.05, 3.63) is 48.0 Å². The van der Waals surface area contributed by atoms with E-state index in [4.69, 9.17) is 4.98 Å². The molecule has 0 aliphatic heterocycles. The van der Waals surface area contributed by atoms with Gasteiger partial charge in [0, 0.05) is 17.3 Å². The van der Waals surface area contributed by atoms with Crippen molar-refractivity contribution >= 4 is 29.0 Å². The van der Waals surface area contributed by atoms with Gasteiger partial charge in [0.25, 0.3) is 0 Å². The molecular weight excluding hydrogens is 407 g/mol. The van der Waals surface area contributed by atoms with Crippen LogP contribution in [0, 0.1) is 11.8 Å². The van der Waals surface area contributed by atoms with Crippen LogP contribution in [0.15, 0.2) is 42.5 Å². The second-order valence-electron chi connectivity index (χ2n) is 8.44. The molecule has 2 atom stereocenters. The first-order valence-electron chi connectivity index (χ1n) is 10.3. The molecule has 0 radical (unpaired) electrons. The second kappa shape index (κ2) is 8.24. The van der Waals surface area contributed by atoms with E-state index >= 15 is 0 Å². The maximum absolute atomic E-state index is 12.4. The van der Waals surface area contributed by atoms with Gasteiger partial charge in [0.15, 0.2) is 0 Å². The van der Waals surface area contributed by atoms with E-state index in [1.54, 1.807) is 6.07 Å². The van der Waals surface area contributed by atoms with E-state index in [0.29, 0.717) is 29.0 Å². The van der Waals surface area contributed by atoms with Crippen molar-refractivity contribution in [2.75, 3.05) is 5.32 Å². The molecule has 4 rings (SSSR count). The molecule has 1 heterocycles. The average Bonchev–Trinajstić information content (AvgIpc) is 3.04. The van der Waals surface area contributed by atoms with Gasteiger partial charge in [0.2, 0.25) is 5.95 Å². The molecule has 1 aliphatic carbocycles. The van der Waals surface area contributed by atoms with E-state index in [1.807, 2.05) is 12.1 Å². The number of benzene rings is 2. The fourth-order valence-electron chi connectivity index (χ4n) is 4.63. The third-order valence-electron chi connectivity index (χ3n) is 5.71. The lowest BCUT2D eigenvalue weighted by Gasteiger charge is -2.33. The monoisotopic (exact) mass is 431 g/mol. The lowest BCUT2D eigenvalue weighted by atomic mass is 9.80. The number of nitrogens with one attached hydrogen (secondary N) is 1. The Morgan fingerprint density at radius 3 is 2.35 bits per heavy atom. The fraction of sp³-hybridized carbons (Fsp3) is 0.391. The Balaban J connectivity index is 1.70. The van der Waals surface area contributed by atoms with E-state index in [9.17, 15) is 18.0 Å². The molecule has 5 nitrogen and oxygen atoms in total. The number of carbonyl (C=O) groups is 1. The molecule has 1 saturated carbocycles. The number of hydrogen-bond donors (Lipinski definition) is 1. The molecule has 2 aromatic carbocycles. The molecule has 0 bridgehead atoms. The van der Waals surface area contributed by atoms with Gasteiger partial charge in [-0.05, 0) is 73.6 Å². The summed E-state index contributed by atoms with van der Waals surface area (Å²) in [4.78, 5) is 16.0. The zero-order valence-corrected chi connectivity index (χ0v) is 17.3. The highest BCUT2D eigenvalue weighted by Crippen LogP contribution is 2.40. The van der Waals surface area contributed by atoms with Crippen molar-refractivity contribution < 1.29 is 22.7 Å². The Bertz CT molecular complexity index is 1070. The van der Waals surface area contributed by atoms with E-state index in [1.165, 1.54) is 30.7 Å². The number of anilines is 2. The lowest BCUT2D eigenvalue weighted by molar-refractivity contribution is -0.274. The Morgan fingerprint density at radius 1 is 1.06 bits per heavy atom. The summed E-state index contributed by atoms with van der Waals surface area (Å²) in [6.45, 7) is 4.48. The number of nitrogens with zero attached hydrogens (tertiary/aromatic N) is 2. The number of alkyl halides is 3. The van der Waals surface area contributed by atoms with Gasteiger partial charge < -0.3 is 14.6 Å². The number of halogens is 3. The summed E-state index contributed by atoms with van der Waals surface area (Å²) in [5.74, 6) is 1.45. The van der Waals surface area contributed by atoms with Crippen LogP contribution in [-0.4, -0.2) is 22.2 Å². The number of imidazole rings is 1. The summed E-state index contributed by atoms with van der Waals surface area (Å²) in [7, 11) is 0. The predicted octanol–water partition coefficient (Wildman–Crippen LogP) is 6.49. The summed E-state index contributed by atoms with van der Waals surface area (Å²) in [5, 5.41) is 3.24. The predicted molar refractivity (Wildman–Crippen MR) is 113 cm³/mol. The molecule has 1 aliphatic rings. The minimum atomic E-state index is -4.73. The molecule has 0 saturated heterocycles. The van der Waals surface area contributed by atoms with Crippen molar-refractivity contribution in [3.8, 4) is 5.75 Å². The number of ether oxygens (including phenoxy) is 1. The minimum Gasteiger partial charge on any atom is -0.406 e. The number of fused-ring (bicyclic) bond motifs is 1. The standard InChI is InChI=1S/C23H24F3N3O2/c1-14-9-15(2)11-18(10-14)29-21-12-16(13-30)3-8-20(21)28-22(29)27-17-4-6-19(7-5-17)31-23(24,25)26/h3-8,12-15,18H,9-11H2,1-2H3,(H,27,28). The van der Waals surface area contributed by atoms with Crippen LogP contribution in [0.25, 0.3) is 11.0 Å². The smallest absolute Gasteiger partial charge is 0.406 e. The highest BCUT2D eigenvalue weighted by Gasteiger charge is 2.31. The molecule has 31 heavy (non-hydrogen) atoms. The van der Waals surface area contributed by atoms with Gasteiger partial charge in [0.05, 0.1) is 11.0 Å². The Hall–Kier alpha value is -3.03. The quantitative estimate of drug-likeness (QED) is 0.469. The lowest BCUT2D eigenvalue weighted by Crippen LogP contribution is -2.23. The molecule has 0 amide bonds. The van der Waals surface area contributed by atoms with Crippen molar-refractivity contribution in [1.29, 1.82) is 0 Å². The van der Waals surface area contributed by atoms with E-state index in [2.05, 4.69) is 28.5 Å². The Labute approximate surface area is 178 Å². The van der Waals surface area contributed by atoms with E-state index in [-0.39, 0.29) is 11.8 Å². The van der Waals surface area contributed by atoms with Crippen LogP contribution in [0.2, 0.25) is 0 Å². The van der Waals surface area contributed by atoms with Crippen LogP contribution in [0.3, 0.4) is 0 Å². The van der Waals surface area contributed by atoms with Crippen LogP contribution in [0.1, 0.15) is 49.5 Å². The van der Waals surface area contributed by atoms with Crippen LogP contribution >= 0.6 is 0 Å². The van der Waals surface area contributed by atoms with Crippen LogP contribution in [0.5, 0.6) is 5.75 Å². The van der Waals surface area contributed by atoms with E-state index < -0.39 is 6.36 Å². The molecule has 3 aromatic rings. The van der Waals surface area contributed by atoms with Crippen molar-refractivity contribution in [3.63, 3.8) is 0 Å². The topological polar surface area (TPSA) is 56.1 Å². The van der Waals surface area contributed by atoms with Crippen molar-refractivity contribution in [2.45, 2.75) is 45.5 Å². The SMILES string of the molecule is CC1CC(C)CC(n2c(Nc3ccc(OC(F)(F)F)cc3)nc3ccc(C=O)cc32)C1. The molecule has 2 unspecified atom stereocenters. The third-order valence-corrected chi connectivity index (χ3v) is 5.71. The fourth-order valence-corrected chi connectivity index (χ4v) is 4.63. The van der Waals surface area contributed by atoms with Gasteiger partial charge >= 0.3 is 6.36 Å². The number of hydrogen-bond acceptors (Lipinski definition) is 4. The van der Waals surface area contributed by atoms with Gasteiger partial charge in [-0.2, -0.15) is 0 Å². The molecular formula is C23H24F3N3O2. The first-order valence-corrected chi connectivity index (χ1v) is 10.3. The number of rotatable bonds is 5. The van der Waals surface area contributed by atoms with Crippen LogP contribution in [-0.2, 0) is 0 Å². The number of carbonyl (C=O) groups excluding carboxylic acids is 1. The summed E-state index contributed by atoms with van der Waals surface area (Å²) in [5.41, 5.74) is 2.80. The summed E-state index contributed by atoms with van der Waals surface area (Å²) < 4.78 is 43.3. The molecule has 0 spiro atoms. The number of aromatic nitrogens is 2. The summed E-state index contributed by atoms with van der Waals surface area (Å²) in [6.07, 6.45) is -0.753. The molecule has 1 aromatic heterocycles. The average molecular weight is 431 g/mol. The zero-order valence-electron chi connectivity index (χ0n) is 17.3. The van der Waals surface area contributed by atoms with Crippen LogP contribution < -0.4 is 10.1 Å². The van der Waals surface area contributed by atoms with Crippen molar-refractivity contribution in [2.24, 2.45) is 11.8 Å². The maximum atomic E-state index is 12.4. The summed E-state index contributed by atoms with van der Waals surface area (Å²) in [6, 6.07) is 11.2. The summed E-state index contributed by atoms with van der Waals surface area (Å²) >= 11 is 0. The highest BCUT2D eigenvalue weighted by atomic mass is 19.4. The molecule has 1 fully saturated rings. The van der Waals surface area contributed by atoms with Gasteiger partial charge in [-0.25, -0.2) is 4.98 Å².